The number of hydrogen-bond acceptors (Lipinski definition) is 4. The first kappa shape index (κ1) is 18.1. The van der Waals surface area contributed by atoms with Crippen LogP contribution in [0.2, 0.25) is 5.02 Å². The van der Waals surface area contributed by atoms with Crippen LogP contribution < -0.4 is 4.90 Å². The first-order valence-electron chi connectivity index (χ1n) is 8.70. The summed E-state index contributed by atoms with van der Waals surface area (Å²) in [6.45, 7) is 0. The molecule has 0 radical (unpaired) electrons. The number of halogens is 1. The van der Waals surface area contributed by atoms with E-state index in [9.17, 15) is 14.4 Å². The van der Waals surface area contributed by atoms with Crippen molar-refractivity contribution >= 4 is 34.8 Å². The van der Waals surface area contributed by atoms with Gasteiger partial charge >= 0.3 is 0 Å². The van der Waals surface area contributed by atoms with Gasteiger partial charge in [0, 0.05) is 16.8 Å². The molecule has 6 heteroatoms. The predicted molar refractivity (Wildman–Crippen MR) is 105 cm³/mol. The minimum atomic E-state index is -1.19. The van der Waals surface area contributed by atoms with E-state index in [4.69, 9.17) is 11.6 Å². The summed E-state index contributed by atoms with van der Waals surface area (Å²) in [6.07, 6.45) is 3.06. The van der Waals surface area contributed by atoms with Crippen molar-refractivity contribution in [1.29, 1.82) is 0 Å². The third-order valence-electron chi connectivity index (χ3n) is 4.79. The van der Waals surface area contributed by atoms with E-state index in [1.807, 2.05) is 0 Å². The van der Waals surface area contributed by atoms with Crippen LogP contribution in [-0.4, -0.2) is 22.5 Å². The second kappa shape index (κ2) is 7.37. The van der Waals surface area contributed by atoms with Crippen molar-refractivity contribution in [3.63, 3.8) is 0 Å². The van der Waals surface area contributed by atoms with Gasteiger partial charge in [0.1, 0.15) is 5.92 Å². The van der Waals surface area contributed by atoms with Crippen molar-refractivity contribution in [2.24, 2.45) is 5.92 Å². The number of nitrogens with zero attached hydrogens (tertiary/aromatic N) is 2. The van der Waals surface area contributed by atoms with Crippen LogP contribution in [0.4, 0.5) is 5.69 Å². The van der Waals surface area contributed by atoms with Gasteiger partial charge < -0.3 is 0 Å². The zero-order valence-electron chi connectivity index (χ0n) is 14.7. The maximum absolute atomic E-state index is 13.2. The molecule has 0 saturated carbocycles. The van der Waals surface area contributed by atoms with Crippen molar-refractivity contribution in [2.75, 3.05) is 4.90 Å². The minimum absolute atomic E-state index is 0.374. The third kappa shape index (κ3) is 3.00. The van der Waals surface area contributed by atoms with Gasteiger partial charge in [-0.05, 0) is 23.8 Å². The summed E-state index contributed by atoms with van der Waals surface area (Å²) < 4.78 is 0. The molecular formula is C22H15ClN2O3. The third-order valence-corrected chi connectivity index (χ3v) is 5.14. The number of rotatable bonds is 4. The first-order chi connectivity index (χ1) is 13.6. The highest BCUT2D eigenvalue weighted by Crippen LogP contribution is 2.43. The normalized spacial score (nSPS) is 19.1. The van der Waals surface area contributed by atoms with E-state index >= 15 is 0 Å². The topological polar surface area (TPSA) is 67.3 Å². The fourth-order valence-corrected chi connectivity index (χ4v) is 3.77. The molecular weight excluding hydrogens is 376 g/mol. The Bertz CT molecular complexity index is 1050. The van der Waals surface area contributed by atoms with Crippen molar-refractivity contribution in [3.8, 4) is 0 Å². The average molecular weight is 391 g/mol. The summed E-state index contributed by atoms with van der Waals surface area (Å²) in [4.78, 5) is 44.4. The average Bonchev–Trinajstić information content (AvgIpc) is 3.00. The van der Waals surface area contributed by atoms with E-state index in [0.717, 1.165) is 0 Å². The van der Waals surface area contributed by atoms with Gasteiger partial charge in [0.15, 0.2) is 5.78 Å². The molecule has 0 bridgehead atoms. The molecule has 0 aliphatic carbocycles. The Morgan fingerprint density at radius 1 is 0.929 bits per heavy atom. The van der Waals surface area contributed by atoms with Crippen LogP contribution in [0.25, 0.3) is 0 Å². The number of benzene rings is 2. The van der Waals surface area contributed by atoms with Gasteiger partial charge in [-0.2, -0.15) is 0 Å². The number of anilines is 1. The van der Waals surface area contributed by atoms with Gasteiger partial charge in [0.05, 0.1) is 17.9 Å². The molecule has 138 valence electrons. The van der Waals surface area contributed by atoms with Gasteiger partial charge in [-0.1, -0.05) is 60.1 Å². The lowest BCUT2D eigenvalue weighted by Gasteiger charge is -2.27. The van der Waals surface area contributed by atoms with E-state index in [2.05, 4.69) is 4.98 Å². The first-order valence-corrected chi connectivity index (χ1v) is 9.08. The predicted octanol–water partition coefficient (Wildman–Crippen LogP) is 3.89. The zero-order valence-corrected chi connectivity index (χ0v) is 15.4. The second-order valence-electron chi connectivity index (χ2n) is 6.42. The maximum atomic E-state index is 13.2. The Morgan fingerprint density at radius 3 is 2.32 bits per heavy atom. The second-order valence-corrected chi connectivity index (χ2v) is 6.83. The van der Waals surface area contributed by atoms with E-state index in [1.54, 1.807) is 72.9 Å². The van der Waals surface area contributed by atoms with Crippen LogP contribution >= 0.6 is 11.6 Å². The summed E-state index contributed by atoms with van der Waals surface area (Å²) in [6, 6.07) is 17.9. The lowest BCUT2D eigenvalue weighted by Crippen LogP contribution is -2.30. The van der Waals surface area contributed by atoms with Crippen molar-refractivity contribution in [1.82, 2.24) is 4.98 Å². The molecule has 1 amide bonds. The Balaban J connectivity index is 1.89. The number of ketones is 2. The molecule has 1 saturated heterocycles. The van der Waals surface area contributed by atoms with Crippen molar-refractivity contribution < 1.29 is 14.4 Å². The molecule has 4 rings (SSSR count). The van der Waals surface area contributed by atoms with Gasteiger partial charge in [0.25, 0.3) is 5.91 Å². The molecule has 0 spiro atoms. The molecule has 0 N–H and O–H groups in total. The SMILES string of the molecule is O=C1C(=O)N(c2cccnc2)[C@H](c2ccccc2Cl)[C@H]1C(=O)c1ccccc1. The Kier molecular flexibility index (Phi) is 4.75. The van der Waals surface area contributed by atoms with E-state index in [0.29, 0.717) is 21.8 Å². The highest BCUT2D eigenvalue weighted by Gasteiger charge is 2.52. The summed E-state index contributed by atoms with van der Waals surface area (Å²) in [7, 11) is 0. The molecule has 1 aromatic heterocycles. The number of carbonyl (C=O) groups excluding carboxylic acids is 3. The molecule has 1 aliphatic rings. The lowest BCUT2D eigenvalue weighted by molar-refractivity contribution is -0.135. The summed E-state index contributed by atoms with van der Waals surface area (Å²) >= 11 is 6.39. The number of amides is 1. The van der Waals surface area contributed by atoms with Crippen LogP contribution in [0.1, 0.15) is 22.0 Å². The molecule has 2 aromatic carbocycles. The highest BCUT2D eigenvalue weighted by molar-refractivity contribution is 6.49. The van der Waals surface area contributed by atoms with Gasteiger partial charge in [-0.15, -0.1) is 0 Å². The zero-order chi connectivity index (χ0) is 19.7. The monoisotopic (exact) mass is 390 g/mol. The molecule has 0 unspecified atom stereocenters. The summed E-state index contributed by atoms with van der Waals surface area (Å²) in [5.74, 6) is -3.08. The van der Waals surface area contributed by atoms with Crippen LogP contribution in [0.3, 0.4) is 0 Å². The minimum Gasteiger partial charge on any atom is -0.295 e. The van der Waals surface area contributed by atoms with Gasteiger partial charge in [-0.3, -0.25) is 24.3 Å². The summed E-state index contributed by atoms with van der Waals surface area (Å²) in [5.41, 5.74) is 1.36. The fraction of sp³-hybridized carbons (Fsp3) is 0.0909. The van der Waals surface area contributed by atoms with Crippen molar-refractivity contribution in [3.05, 3.63) is 95.3 Å². The van der Waals surface area contributed by atoms with E-state index in [1.165, 1.54) is 11.1 Å². The fourth-order valence-electron chi connectivity index (χ4n) is 3.52. The number of hydrogen-bond donors (Lipinski definition) is 0. The van der Waals surface area contributed by atoms with Crippen LogP contribution in [0.15, 0.2) is 79.1 Å². The number of Topliss-reactive ketones (excluding diaryl/α,β-unsaturated/α-hetero) is 2. The molecule has 3 aromatic rings. The molecule has 2 heterocycles. The quantitative estimate of drug-likeness (QED) is 0.385. The van der Waals surface area contributed by atoms with Crippen molar-refractivity contribution in [2.45, 2.75) is 6.04 Å². The van der Waals surface area contributed by atoms with Gasteiger partial charge in [0.2, 0.25) is 5.78 Å². The lowest BCUT2D eigenvalue weighted by atomic mass is 9.86. The number of aromatic nitrogens is 1. The van der Waals surface area contributed by atoms with Crippen LogP contribution in [0.5, 0.6) is 0 Å². The van der Waals surface area contributed by atoms with Crippen LogP contribution in [0, 0.1) is 5.92 Å². The van der Waals surface area contributed by atoms with E-state index < -0.39 is 29.4 Å². The highest BCUT2D eigenvalue weighted by atomic mass is 35.5. The Morgan fingerprint density at radius 2 is 1.64 bits per heavy atom. The van der Waals surface area contributed by atoms with E-state index in [-0.39, 0.29) is 0 Å². The smallest absolute Gasteiger partial charge is 0.295 e. The number of carbonyl (C=O) groups is 3. The maximum Gasteiger partial charge on any atom is 0.295 e. The standard InChI is InChI=1S/C22H15ClN2O3/c23-17-11-5-4-10-16(17)19-18(20(26)14-7-2-1-3-8-14)21(27)22(28)25(19)15-9-6-12-24-13-15/h1-13,18-19H/t18-,19+/m0/s1. The van der Waals surface area contributed by atoms with Crippen LogP contribution in [-0.2, 0) is 9.59 Å². The molecule has 1 aliphatic heterocycles. The molecule has 5 nitrogen and oxygen atoms in total. The molecule has 1 fully saturated rings. The largest absolute Gasteiger partial charge is 0.295 e. The molecule has 28 heavy (non-hydrogen) atoms. The Labute approximate surface area is 166 Å². The Hall–Kier alpha value is -3.31. The number of pyridine rings is 1. The summed E-state index contributed by atoms with van der Waals surface area (Å²) in [5, 5.41) is 0.384. The van der Waals surface area contributed by atoms with Gasteiger partial charge in [-0.25, -0.2) is 0 Å². The molecule has 2 atom stereocenters.